The van der Waals surface area contributed by atoms with E-state index in [0.717, 1.165) is 13.0 Å². The topological polar surface area (TPSA) is 32.8 Å². The number of carbonyl (C=O) groups excluding carboxylic acids is 1. The van der Waals surface area contributed by atoms with Crippen molar-refractivity contribution in [3.63, 3.8) is 0 Å². The van der Waals surface area contributed by atoms with Crippen LogP contribution in [0.3, 0.4) is 0 Å². The molecule has 23 heavy (non-hydrogen) atoms. The summed E-state index contributed by atoms with van der Waals surface area (Å²) >= 11 is 0. The highest BCUT2D eigenvalue weighted by Gasteiger charge is 2.33. The lowest BCUT2D eigenvalue weighted by Gasteiger charge is -2.39. The zero-order chi connectivity index (χ0) is 16.2. The van der Waals surface area contributed by atoms with E-state index in [1.165, 1.54) is 25.3 Å². The molecule has 1 aromatic carbocycles. The van der Waals surface area contributed by atoms with E-state index < -0.39 is 0 Å². The Balaban J connectivity index is 1.39. The molecular weight excluding hydrogens is 295 g/mol. The maximum absolute atomic E-state index is 13.5. The second kappa shape index (κ2) is 7.30. The second-order valence-electron chi connectivity index (χ2n) is 6.64. The van der Waals surface area contributed by atoms with Gasteiger partial charge in [-0.3, -0.25) is 4.79 Å². The molecule has 1 atom stereocenters. The lowest BCUT2D eigenvalue weighted by Crippen LogP contribution is -2.56. The second-order valence-corrected chi connectivity index (χ2v) is 6.64. The van der Waals surface area contributed by atoms with Crippen LogP contribution in [-0.4, -0.2) is 54.5 Å². The first-order valence-corrected chi connectivity index (χ1v) is 8.52. The Labute approximate surface area is 137 Å². The Kier molecular flexibility index (Phi) is 5.16. The summed E-state index contributed by atoms with van der Waals surface area (Å²) in [5, 5.41) is 0. The standard InChI is InChI=1S/C18H25FN2O2/c1-20-11-5-4-6-14(20)9-10-18(22)21-12-15(13-21)23-17-8-3-2-7-16(17)19/h2-3,7-8,14-15H,4-6,9-13H2,1H3/t14-/m0/s1. The summed E-state index contributed by atoms with van der Waals surface area (Å²) in [4.78, 5) is 16.4. The van der Waals surface area contributed by atoms with Gasteiger partial charge in [0.05, 0.1) is 13.1 Å². The monoisotopic (exact) mass is 320 g/mol. The first kappa shape index (κ1) is 16.2. The molecule has 126 valence electrons. The third-order valence-electron chi connectivity index (χ3n) is 4.94. The Morgan fingerprint density at radius 2 is 2.09 bits per heavy atom. The number of carbonyl (C=O) groups is 1. The lowest BCUT2D eigenvalue weighted by molar-refractivity contribution is -0.140. The highest BCUT2D eigenvalue weighted by atomic mass is 19.1. The first-order chi connectivity index (χ1) is 11.1. The maximum Gasteiger partial charge on any atom is 0.222 e. The van der Waals surface area contributed by atoms with E-state index in [1.54, 1.807) is 18.2 Å². The molecule has 0 aliphatic carbocycles. The number of ether oxygens (including phenoxy) is 1. The van der Waals surface area contributed by atoms with Gasteiger partial charge in [-0.25, -0.2) is 4.39 Å². The van der Waals surface area contributed by atoms with E-state index >= 15 is 0 Å². The van der Waals surface area contributed by atoms with Crippen LogP contribution >= 0.6 is 0 Å². The van der Waals surface area contributed by atoms with Crippen molar-refractivity contribution in [2.24, 2.45) is 0 Å². The fourth-order valence-corrected chi connectivity index (χ4v) is 3.39. The van der Waals surface area contributed by atoms with E-state index in [1.807, 2.05) is 4.90 Å². The Hall–Kier alpha value is -1.62. The molecule has 0 saturated carbocycles. The van der Waals surface area contributed by atoms with Gasteiger partial charge >= 0.3 is 0 Å². The predicted molar refractivity (Wildman–Crippen MR) is 86.9 cm³/mol. The number of hydrogen-bond acceptors (Lipinski definition) is 3. The Bertz CT molecular complexity index is 546. The van der Waals surface area contributed by atoms with Gasteiger partial charge in [0.25, 0.3) is 0 Å². The van der Waals surface area contributed by atoms with Crippen LogP contribution in [-0.2, 0) is 4.79 Å². The van der Waals surface area contributed by atoms with Gasteiger partial charge < -0.3 is 14.5 Å². The van der Waals surface area contributed by atoms with E-state index in [9.17, 15) is 9.18 Å². The average molecular weight is 320 g/mol. The number of hydrogen-bond donors (Lipinski definition) is 0. The SMILES string of the molecule is CN1CCCC[C@H]1CCC(=O)N1CC(Oc2ccccc2F)C1. The highest BCUT2D eigenvalue weighted by Crippen LogP contribution is 2.23. The van der Waals surface area contributed by atoms with Crippen LogP contribution in [0.2, 0.25) is 0 Å². The van der Waals surface area contributed by atoms with Gasteiger partial charge in [-0.05, 0) is 45.0 Å². The third kappa shape index (κ3) is 4.02. The summed E-state index contributed by atoms with van der Waals surface area (Å²) in [6, 6.07) is 6.94. The summed E-state index contributed by atoms with van der Waals surface area (Å²) < 4.78 is 19.1. The lowest BCUT2D eigenvalue weighted by atomic mass is 9.98. The third-order valence-corrected chi connectivity index (χ3v) is 4.94. The summed E-state index contributed by atoms with van der Waals surface area (Å²) in [6.45, 7) is 2.27. The van der Waals surface area contributed by atoms with Crippen LogP contribution in [0.4, 0.5) is 4.39 Å². The quantitative estimate of drug-likeness (QED) is 0.836. The number of nitrogens with zero attached hydrogens (tertiary/aromatic N) is 2. The molecule has 0 spiro atoms. The van der Waals surface area contributed by atoms with Crippen molar-refractivity contribution in [2.45, 2.75) is 44.2 Å². The molecule has 0 unspecified atom stereocenters. The zero-order valence-corrected chi connectivity index (χ0v) is 13.7. The van der Waals surface area contributed by atoms with Crippen molar-refractivity contribution < 1.29 is 13.9 Å². The minimum absolute atomic E-state index is 0.0896. The van der Waals surface area contributed by atoms with E-state index in [-0.39, 0.29) is 23.6 Å². The molecule has 2 heterocycles. The zero-order valence-electron chi connectivity index (χ0n) is 13.7. The fraction of sp³-hybridized carbons (Fsp3) is 0.611. The number of para-hydroxylation sites is 1. The van der Waals surface area contributed by atoms with E-state index in [0.29, 0.717) is 25.6 Å². The Morgan fingerprint density at radius 1 is 1.30 bits per heavy atom. The largest absolute Gasteiger partial charge is 0.484 e. The number of benzene rings is 1. The number of halogens is 1. The van der Waals surface area contributed by atoms with Crippen LogP contribution in [0.1, 0.15) is 32.1 Å². The summed E-state index contributed by atoms with van der Waals surface area (Å²) in [7, 11) is 2.15. The molecule has 2 aliphatic heterocycles. The minimum Gasteiger partial charge on any atom is -0.484 e. The molecule has 4 nitrogen and oxygen atoms in total. The highest BCUT2D eigenvalue weighted by molar-refractivity contribution is 5.77. The molecule has 1 amide bonds. The van der Waals surface area contributed by atoms with Crippen molar-refractivity contribution in [1.82, 2.24) is 9.80 Å². The number of likely N-dealkylation sites (tertiary alicyclic amines) is 2. The molecular formula is C18H25FN2O2. The van der Waals surface area contributed by atoms with Gasteiger partial charge in [-0.2, -0.15) is 0 Å². The fourth-order valence-electron chi connectivity index (χ4n) is 3.39. The van der Waals surface area contributed by atoms with Gasteiger partial charge in [0.2, 0.25) is 5.91 Å². The van der Waals surface area contributed by atoms with Crippen LogP contribution in [0.15, 0.2) is 24.3 Å². The molecule has 3 rings (SSSR count). The van der Waals surface area contributed by atoms with E-state index in [4.69, 9.17) is 4.74 Å². The van der Waals surface area contributed by atoms with Crippen LogP contribution in [0.5, 0.6) is 5.75 Å². The van der Waals surface area contributed by atoms with Gasteiger partial charge in [-0.15, -0.1) is 0 Å². The van der Waals surface area contributed by atoms with Crippen molar-refractivity contribution in [1.29, 1.82) is 0 Å². The summed E-state index contributed by atoms with van der Waals surface area (Å²) in [6.07, 6.45) is 5.18. The first-order valence-electron chi connectivity index (χ1n) is 8.52. The molecule has 0 radical (unpaired) electrons. The number of amides is 1. The number of piperidine rings is 1. The molecule has 0 bridgehead atoms. The summed E-state index contributed by atoms with van der Waals surface area (Å²) in [5.41, 5.74) is 0. The van der Waals surface area contributed by atoms with Crippen molar-refractivity contribution >= 4 is 5.91 Å². The molecule has 1 aromatic rings. The maximum atomic E-state index is 13.5. The van der Waals surface area contributed by atoms with E-state index in [2.05, 4.69) is 11.9 Å². The van der Waals surface area contributed by atoms with Crippen molar-refractivity contribution in [2.75, 3.05) is 26.7 Å². The number of rotatable bonds is 5. The normalized spacial score (nSPS) is 22.7. The smallest absolute Gasteiger partial charge is 0.222 e. The molecule has 0 aromatic heterocycles. The predicted octanol–water partition coefficient (Wildman–Crippen LogP) is 2.68. The van der Waals surface area contributed by atoms with Gasteiger partial charge in [-0.1, -0.05) is 18.6 Å². The van der Waals surface area contributed by atoms with Crippen LogP contribution in [0.25, 0.3) is 0 Å². The Morgan fingerprint density at radius 3 is 2.83 bits per heavy atom. The molecule has 2 aliphatic rings. The van der Waals surface area contributed by atoms with Crippen molar-refractivity contribution in [3.8, 4) is 5.75 Å². The van der Waals surface area contributed by atoms with Crippen molar-refractivity contribution in [3.05, 3.63) is 30.1 Å². The van der Waals surface area contributed by atoms with Crippen LogP contribution < -0.4 is 4.74 Å². The average Bonchev–Trinajstić information content (AvgIpc) is 2.51. The molecule has 2 saturated heterocycles. The molecule has 0 N–H and O–H groups in total. The van der Waals surface area contributed by atoms with Gasteiger partial charge in [0.1, 0.15) is 6.10 Å². The summed E-state index contributed by atoms with van der Waals surface area (Å²) in [5.74, 6) is 0.114. The molecule has 2 fully saturated rings. The molecule has 5 heteroatoms. The van der Waals surface area contributed by atoms with Gasteiger partial charge in [0, 0.05) is 12.5 Å². The van der Waals surface area contributed by atoms with Gasteiger partial charge in [0.15, 0.2) is 11.6 Å². The van der Waals surface area contributed by atoms with Crippen LogP contribution in [0, 0.1) is 5.82 Å². The minimum atomic E-state index is -0.349.